The van der Waals surface area contributed by atoms with Crippen LogP contribution >= 0.6 is 0 Å². The van der Waals surface area contributed by atoms with Gasteiger partial charge in [0.2, 0.25) is 0 Å². The molecule has 1 aromatic rings. The normalized spacial score (nSPS) is 12.1. The minimum Gasteiger partial charge on any atom is -0.469 e. The zero-order valence-corrected chi connectivity index (χ0v) is 10.6. The number of hydrogen-bond donors (Lipinski definition) is 2. The lowest BCUT2D eigenvalue weighted by molar-refractivity contribution is -0.141. The number of aromatic nitrogens is 1. The number of carbonyl (C=O) groups is 1. The highest BCUT2D eigenvalue weighted by molar-refractivity contribution is 5.69. The molecule has 100 valence electrons. The first kappa shape index (κ1) is 14.6. The topological polar surface area (TPSA) is 71.5 Å². The van der Waals surface area contributed by atoms with Crippen molar-refractivity contribution in [1.29, 1.82) is 0 Å². The van der Waals surface area contributed by atoms with E-state index in [0.717, 1.165) is 18.7 Å². The quantitative estimate of drug-likeness (QED) is 0.521. The third-order valence-corrected chi connectivity index (χ3v) is 2.57. The maximum absolute atomic E-state index is 10.9. The second kappa shape index (κ2) is 8.60. The van der Waals surface area contributed by atoms with E-state index in [0.29, 0.717) is 13.0 Å². The van der Waals surface area contributed by atoms with Gasteiger partial charge < -0.3 is 15.2 Å². The van der Waals surface area contributed by atoms with Crippen molar-refractivity contribution in [1.82, 2.24) is 10.3 Å². The number of methoxy groups -OCH3 is 1. The fourth-order valence-electron chi connectivity index (χ4n) is 1.52. The largest absolute Gasteiger partial charge is 0.469 e. The molecule has 0 fully saturated rings. The van der Waals surface area contributed by atoms with Crippen LogP contribution in [0.25, 0.3) is 0 Å². The van der Waals surface area contributed by atoms with Gasteiger partial charge in [0.1, 0.15) is 0 Å². The predicted molar refractivity (Wildman–Crippen MR) is 68.1 cm³/mol. The van der Waals surface area contributed by atoms with E-state index >= 15 is 0 Å². The van der Waals surface area contributed by atoms with E-state index in [1.54, 1.807) is 6.20 Å². The fraction of sp³-hybridized carbons (Fsp3) is 0.538. The van der Waals surface area contributed by atoms with Gasteiger partial charge in [-0.15, -0.1) is 0 Å². The lowest BCUT2D eigenvalue weighted by Crippen LogP contribution is -2.29. The van der Waals surface area contributed by atoms with Gasteiger partial charge in [-0.1, -0.05) is 6.07 Å². The monoisotopic (exact) mass is 252 g/mol. The Morgan fingerprint density at radius 3 is 3.06 bits per heavy atom. The van der Waals surface area contributed by atoms with Crippen molar-refractivity contribution in [3.05, 3.63) is 30.1 Å². The van der Waals surface area contributed by atoms with Crippen LogP contribution in [0.1, 0.15) is 18.5 Å². The lowest BCUT2D eigenvalue weighted by Gasteiger charge is -2.10. The molecule has 0 saturated heterocycles. The Bertz CT molecular complexity index is 343. The summed E-state index contributed by atoms with van der Waals surface area (Å²) in [5.74, 6) is -0.289. The molecule has 0 amide bonds. The summed E-state index contributed by atoms with van der Waals surface area (Å²) in [5.41, 5.74) is 1.02. The molecule has 1 unspecified atom stereocenters. The van der Waals surface area contributed by atoms with E-state index in [-0.39, 0.29) is 12.4 Å². The molecule has 1 atom stereocenters. The Hall–Kier alpha value is -1.46. The Morgan fingerprint density at radius 1 is 1.56 bits per heavy atom. The van der Waals surface area contributed by atoms with E-state index in [1.165, 1.54) is 7.11 Å². The van der Waals surface area contributed by atoms with Crippen molar-refractivity contribution in [3.8, 4) is 0 Å². The summed E-state index contributed by atoms with van der Waals surface area (Å²) in [4.78, 5) is 15.1. The van der Waals surface area contributed by atoms with E-state index in [1.807, 2.05) is 18.2 Å². The van der Waals surface area contributed by atoms with Gasteiger partial charge in [-0.05, 0) is 18.6 Å². The molecule has 0 aromatic carbocycles. The number of hydrogen-bond acceptors (Lipinski definition) is 5. The summed E-state index contributed by atoms with van der Waals surface area (Å²) >= 11 is 0. The Morgan fingerprint density at radius 2 is 2.39 bits per heavy atom. The third-order valence-electron chi connectivity index (χ3n) is 2.57. The summed E-state index contributed by atoms with van der Waals surface area (Å²) in [7, 11) is 1.35. The van der Waals surface area contributed by atoms with Crippen LogP contribution in [0.5, 0.6) is 0 Å². The van der Waals surface area contributed by atoms with Gasteiger partial charge in [0.25, 0.3) is 0 Å². The van der Waals surface area contributed by atoms with Gasteiger partial charge >= 0.3 is 5.97 Å². The van der Waals surface area contributed by atoms with Crippen LogP contribution < -0.4 is 5.32 Å². The second-order valence-electron chi connectivity index (χ2n) is 4.04. The highest BCUT2D eigenvalue weighted by Crippen LogP contribution is 1.98. The van der Waals surface area contributed by atoms with Crippen LogP contribution in [0.4, 0.5) is 0 Å². The van der Waals surface area contributed by atoms with Crippen LogP contribution in [0.2, 0.25) is 0 Å². The number of carbonyl (C=O) groups excluding carboxylic acids is 1. The number of esters is 1. The molecule has 1 heterocycles. The van der Waals surface area contributed by atoms with Gasteiger partial charge in [-0.3, -0.25) is 9.78 Å². The summed E-state index contributed by atoms with van der Waals surface area (Å²) in [5, 5.41) is 12.7. The van der Waals surface area contributed by atoms with Crippen molar-refractivity contribution in [3.63, 3.8) is 0 Å². The molecule has 0 bridgehead atoms. The van der Waals surface area contributed by atoms with Gasteiger partial charge in [-0.25, -0.2) is 0 Å². The average molecular weight is 252 g/mol. The molecular formula is C13H20N2O3. The molecule has 0 saturated carbocycles. The first-order valence-electron chi connectivity index (χ1n) is 6.08. The molecule has 0 aliphatic rings. The van der Waals surface area contributed by atoms with E-state index in [2.05, 4.69) is 15.0 Å². The zero-order valence-electron chi connectivity index (χ0n) is 10.6. The summed E-state index contributed by atoms with van der Waals surface area (Å²) < 4.78 is 4.51. The maximum Gasteiger partial charge on any atom is 0.305 e. The SMILES string of the molecule is COC(=O)CCC(O)CNCCc1ccccn1. The summed E-state index contributed by atoms with van der Waals surface area (Å²) in [6.45, 7) is 1.23. The number of nitrogens with zero attached hydrogens (tertiary/aromatic N) is 1. The van der Waals surface area contributed by atoms with E-state index in [9.17, 15) is 9.90 Å². The van der Waals surface area contributed by atoms with Crippen LogP contribution in [-0.2, 0) is 16.0 Å². The van der Waals surface area contributed by atoms with Crippen LogP contribution in [-0.4, -0.2) is 42.4 Å². The van der Waals surface area contributed by atoms with Crippen molar-refractivity contribution >= 4 is 5.97 Å². The Labute approximate surface area is 107 Å². The lowest BCUT2D eigenvalue weighted by atomic mass is 10.2. The van der Waals surface area contributed by atoms with Gasteiger partial charge in [0.15, 0.2) is 0 Å². The number of nitrogens with one attached hydrogen (secondary N) is 1. The molecule has 0 aliphatic carbocycles. The minimum absolute atomic E-state index is 0.250. The van der Waals surface area contributed by atoms with E-state index < -0.39 is 6.10 Å². The van der Waals surface area contributed by atoms with Crippen LogP contribution in [0.3, 0.4) is 0 Å². The van der Waals surface area contributed by atoms with Crippen molar-refractivity contribution in [2.24, 2.45) is 0 Å². The fourth-order valence-corrected chi connectivity index (χ4v) is 1.52. The van der Waals surface area contributed by atoms with Crippen molar-refractivity contribution < 1.29 is 14.6 Å². The standard InChI is InChI=1S/C13H20N2O3/c1-18-13(17)6-5-12(16)10-14-9-7-11-4-2-3-8-15-11/h2-4,8,12,14,16H,5-7,9-10H2,1H3. The number of ether oxygens (including phenoxy) is 1. The highest BCUT2D eigenvalue weighted by Gasteiger charge is 2.07. The number of pyridine rings is 1. The predicted octanol–water partition coefficient (Wildman–Crippen LogP) is 0.528. The Balaban J connectivity index is 2.05. The molecule has 1 rings (SSSR count). The molecule has 2 N–H and O–H groups in total. The number of rotatable bonds is 8. The van der Waals surface area contributed by atoms with Crippen molar-refractivity contribution in [2.45, 2.75) is 25.4 Å². The third kappa shape index (κ3) is 6.32. The van der Waals surface area contributed by atoms with Crippen molar-refractivity contribution in [2.75, 3.05) is 20.2 Å². The van der Waals surface area contributed by atoms with Gasteiger partial charge in [0.05, 0.1) is 13.2 Å². The molecule has 0 aliphatic heterocycles. The van der Waals surface area contributed by atoms with E-state index in [4.69, 9.17) is 0 Å². The molecule has 0 radical (unpaired) electrons. The first-order chi connectivity index (χ1) is 8.72. The maximum atomic E-state index is 10.9. The van der Waals surface area contributed by atoms with Crippen LogP contribution in [0, 0.1) is 0 Å². The molecule has 18 heavy (non-hydrogen) atoms. The summed E-state index contributed by atoms with van der Waals surface area (Å²) in [6, 6.07) is 5.80. The second-order valence-corrected chi connectivity index (χ2v) is 4.04. The Kier molecular flexibility index (Phi) is 6.98. The molecular weight excluding hydrogens is 232 g/mol. The number of aliphatic hydroxyl groups excluding tert-OH is 1. The molecule has 1 aromatic heterocycles. The summed E-state index contributed by atoms with van der Waals surface area (Å²) in [6.07, 6.45) is 2.74. The zero-order chi connectivity index (χ0) is 13.2. The van der Waals surface area contributed by atoms with Gasteiger partial charge in [-0.2, -0.15) is 0 Å². The first-order valence-corrected chi connectivity index (χ1v) is 6.08. The molecule has 5 nitrogen and oxygen atoms in total. The minimum atomic E-state index is -0.521. The highest BCUT2D eigenvalue weighted by atomic mass is 16.5. The number of aliphatic hydroxyl groups is 1. The molecule has 5 heteroatoms. The van der Waals surface area contributed by atoms with Gasteiger partial charge in [0, 0.05) is 37.8 Å². The molecule has 0 spiro atoms. The average Bonchev–Trinajstić information content (AvgIpc) is 2.42. The van der Waals surface area contributed by atoms with Crippen LogP contribution in [0.15, 0.2) is 24.4 Å². The smallest absolute Gasteiger partial charge is 0.305 e.